The standard InChI is InChI=1S/C20H26N2O2/c1-14-20(15(2)23)17-11-7-8-12-18(17)22(14)13-19(24)21-16-9-5-3-4-6-10-16/h7-8,11-12,16H,3-6,9-10,13H2,1-2H3,(H,21,24). The smallest absolute Gasteiger partial charge is 0.240 e. The molecule has 0 bridgehead atoms. The molecule has 128 valence electrons. The van der Waals surface area contributed by atoms with E-state index in [-0.39, 0.29) is 18.2 Å². The van der Waals surface area contributed by atoms with Gasteiger partial charge < -0.3 is 9.88 Å². The second-order valence-corrected chi connectivity index (χ2v) is 6.88. The summed E-state index contributed by atoms with van der Waals surface area (Å²) in [7, 11) is 0. The zero-order valence-electron chi connectivity index (χ0n) is 14.6. The quantitative estimate of drug-likeness (QED) is 0.682. The maximum absolute atomic E-state index is 12.6. The average Bonchev–Trinajstić information content (AvgIpc) is 2.70. The molecule has 1 N–H and O–H groups in total. The maximum atomic E-state index is 12.6. The van der Waals surface area contributed by atoms with Crippen LogP contribution in [-0.2, 0) is 11.3 Å². The first-order valence-electron chi connectivity index (χ1n) is 8.96. The highest BCUT2D eigenvalue weighted by atomic mass is 16.2. The van der Waals surface area contributed by atoms with Crippen LogP contribution in [0.15, 0.2) is 24.3 Å². The van der Waals surface area contributed by atoms with Crippen LogP contribution < -0.4 is 5.32 Å². The van der Waals surface area contributed by atoms with Crippen LogP contribution in [0.1, 0.15) is 61.5 Å². The number of aromatic nitrogens is 1. The molecule has 1 heterocycles. The third-order valence-electron chi connectivity index (χ3n) is 5.10. The molecule has 0 radical (unpaired) electrons. The number of hydrogen-bond acceptors (Lipinski definition) is 2. The van der Waals surface area contributed by atoms with Crippen molar-refractivity contribution in [2.75, 3.05) is 0 Å². The number of fused-ring (bicyclic) bond motifs is 1. The van der Waals surface area contributed by atoms with E-state index in [1.165, 1.54) is 25.7 Å². The predicted octanol–water partition coefficient (Wildman–Crippen LogP) is 3.99. The molecule has 4 heteroatoms. The molecule has 3 rings (SSSR count). The van der Waals surface area contributed by atoms with Crippen LogP contribution in [0.3, 0.4) is 0 Å². The van der Waals surface area contributed by atoms with Gasteiger partial charge in [-0.05, 0) is 32.8 Å². The Labute approximate surface area is 143 Å². The van der Waals surface area contributed by atoms with E-state index in [1.54, 1.807) is 6.92 Å². The molecular formula is C20H26N2O2. The van der Waals surface area contributed by atoms with Crippen molar-refractivity contribution in [3.63, 3.8) is 0 Å². The summed E-state index contributed by atoms with van der Waals surface area (Å²) >= 11 is 0. The number of rotatable bonds is 4. The molecule has 0 atom stereocenters. The number of benzene rings is 1. The van der Waals surface area contributed by atoms with Gasteiger partial charge in [0.2, 0.25) is 5.91 Å². The number of amides is 1. The molecule has 1 amide bonds. The van der Waals surface area contributed by atoms with Crippen LogP contribution >= 0.6 is 0 Å². The molecular weight excluding hydrogens is 300 g/mol. The first kappa shape index (κ1) is 16.7. The first-order chi connectivity index (χ1) is 11.6. The minimum absolute atomic E-state index is 0.0425. The third kappa shape index (κ3) is 3.37. The summed E-state index contributed by atoms with van der Waals surface area (Å²) in [5, 5.41) is 4.13. The Morgan fingerprint density at radius 2 is 1.79 bits per heavy atom. The molecule has 1 saturated carbocycles. The van der Waals surface area contributed by atoms with Crippen LogP contribution in [0.2, 0.25) is 0 Å². The zero-order chi connectivity index (χ0) is 17.1. The number of hydrogen-bond donors (Lipinski definition) is 1. The number of ketones is 1. The lowest BCUT2D eigenvalue weighted by Gasteiger charge is -2.17. The van der Waals surface area contributed by atoms with E-state index in [0.717, 1.165) is 35.0 Å². The number of Topliss-reactive ketones (excluding diaryl/α,β-unsaturated/α-hetero) is 1. The maximum Gasteiger partial charge on any atom is 0.240 e. The summed E-state index contributed by atoms with van der Waals surface area (Å²) in [4.78, 5) is 24.6. The van der Waals surface area contributed by atoms with Crippen molar-refractivity contribution in [1.82, 2.24) is 9.88 Å². The lowest BCUT2D eigenvalue weighted by Crippen LogP contribution is -2.36. The summed E-state index contributed by atoms with van der Waals surface area (Å²) in [6.07, 6.45) is 7.10. The van der Waals surface area contributed by atoms with Gasteiger partial charge in [0.25, 0.3) is 0 Å². The summed E-state index contributed by atoms with van der Waals surface area (Å²) < 4.78 is 1.97. The monoisotopic (exact) mass is 326 g/mol. The van der Waals surface area contributed by atoms with E-state index in [9.17, 15) is 9.59 Å². The fourth-order valence-electron chi connectivity index (χ4n) is 3.92. The highest BCUT2D eigenvalue weighted by Crippen LogP contribution is 2.26. The van der Waals surface area contributed by atoms with E-state index in [4.69, 9.17) is 0 Å². The van der Waals surface area contributed by atoms with Crippen molar-refractivity contribution in [3.05, 3.63) is 35.5 Å². The predicted molar refractivity (Wildman–Crippen MR) is 96.3 cm³/mol. The Hall–Kier alpha value is -2.10. The van der Waals surface area contributed by atoms with Gasteiger partial charge in [-0.25, -0.2) is 0 Å². The topological polar surface area (TPSA) is 51.1 Å². The van der Waals surface area contributed by atoms with Gasteiger partial charge in [-0.2, -0.15) is 0 Å². The van der Waals surface area contributed by atoms with E-state index in [1.807, 2.05) is 35.8 Å². The number of para-hydroxylation sites is 1. The van der Waals surface area contributed by atoms with Gasteiger partial charge in [-0.15, -0.1) is 0 Å². The highest BCUT2D eigenvalue weighted by molar-refractivity contribution is 6.08. The molecule has 0 unspecified atom stereocenters. The fraction of sp³-hybridized carbons (Fsp3) is 0.500. The highest BCUT2D eigenvalue weighted by Gasteiger charge is 2.20. The largest absolute Gasteiger partial charge is 0.352 e. The molecule has 0 aliphatic heterocycles. The minimum atomic E-state index is 0.0425. The SMILES string of the molecule is CC(=O)c1c(C)n(CC(=O)NC2CCCCCC2)c2ccccc12. The number of carbonyl (C=O) groups excluding carboxylic acids is 2. The number of nitrogens with one attached hydrogen (secondary N) is 1. The normalized spacial score (nSPS) is 16.1. The Bertz CT molecular complexity index is 752. The second kappa shape index (κ2) is 7.20. The molecule has 1 aromatic heterocycles. The van der Waals surface area contributed by atoms with Crippen LogP contribution in [0.4, 0.5) is 0 Å². The van der Waals surface area contributed by atoms with Crippen molar-refractivity contribution < 1.29 is 9.59 Å². The molecule has 1 aromatic carbocycles. The Morgan fingerprint density at radius 3 is 2.46 bits per heavy atom. The molecule has 2 aromatic rings. The summed E-state index contributed by atoms with van der Waals surface area (Å²) in [6.45, 7) is 3.79. The molecule has 1 aliphatic carbocycles. The summed E-state index contributed by atoms with van der Waals surface area (Å²) in [5.74, 6) is 0.0903. The summed E-state index contributed by atoms with van der Waals surface area (Å²) in [5.41, 5.74) is 2.56. The second-order valence-electron chi connectivity index (χ2n) is 6.88. The van der Waals surface area contributed by atoms with E-state index in [2.05, 4.69) is 5.32 Å². The van der Waals surface area contributed by atoms with Crippen molar-refractivity contribution >= 4 is 22.6 Å². The Morgan fingerprint density at radius 1 is 1.12 bits per heavy atom. The van der Waals surface area contributed by atoms with Crippen molar-refractivity contribution in [1.29, 1.82) is 0 Å². The average molecular weight is 326 g/mol. The first-order valence-corrected chi connectivity index (χ1v) is 8.96. The van der Waals surface area contributed by atoms with Gasteiger partial charge in [0.15, 0.2) is 5.78 Å². The Balaban J connectivity index is 1.83. The van der Waals surface area contributed by atoms with Crippen molar-refractivity contribution in [3.8, 4) is 0 Å². The minimum Gasteiger partial charge on any atom is -0.352 e. The van der Waals surface area contributed by atoms with Gasteiger partial charge in [0, 0.05) is 28.2 Å². The van der Waals surface area contributed by atoms with E-state index < -0.39 is 0 Å². The van der Waals surface area contributed by atoms with E-state index >= 15 is 0 Å². The van der Waals surface area contributed by atoms with Gasteiger partial charge in [0.05, 0.1) is 0 Å². The number of nitrogens with zero attached hydrogens (tertiary/aromatic N) is 1. The van der Waals surface area contributed by atoms with Gasteiger partial charge in [-0.1, -0.05) is 43.9 Å². The Kier molecular flexibility index (Phi) is 5.03. The van der Waals surface area contributed by atoms with Crippen LogP contribution in [-0.4, -0.2) is 22.3 Å². The van der Waals surface area contributed by atoms with Gasteiger partial charge in [-0.3, -0.25) is 9.59 Å². The van der Waals surface area contributed by atoms with Crippen LogP contribution in [0.25, 0.3) is 10.9 Å². The molecule has 1 fully saturated rings. The van der Waals surface area contributed by atoms with Gasteiger partial charge in [0.1, 0.15) is 6.54 Å². The molecule has 0 spiro atoms. The molecule has 0 saturated heterocycles. The van der Waals surface area contributed by atoms with Crippen molar-refractivity contribution in [2.45, 2.75) is 65.0 Å². The fourth-order valence-corrected chi connectivity index (χ4v) is 3.92. The molecule has 24 heavy (non-hydrogen) atoms. The van der Waals surface area contributed by atoms with Crippen molar-refractivity contribution in [2.24, 2.45) is 0 Å². The lowest BCUT2D eigenvalue weighted by molar-refractivity contribution is -0.122. The summed E-state index contributed by atoms with van der Waals surface area (Å²) in [6, 6.07) is 8.12. The third-order valence-corrected chi connectivity index (χ3v) is 5.10. The molecule has 4 nitrogen and oxygen atoms in total. The van der Waals surface area contributed by atoms with Crippen LogP contribution in [0.5, 0.6) is 0 Å². The van der Waals surface area contributed by atoms with E-state index in [0.29, 0.717) is 6.04 Å². The number of carbonyl (C=O) groups is 2. The molecule has 1 aliphatic rings. The zero-order valence-corrected chi connectivity index (χ0v) is 14.6. The lowest BCUT2D eigenvalue weighted by atomic mass is 10.1. The van der Waals surface area contributed by atoms with Crippen LogP contribution in [0, 0.1) is 6.92 Å². The van der Waals surface area contributed by atoms with Gasteiger partial charge >= 0.3 is 0 Å².